The normalized spacial score (nSPS) is 18.7. The lowest BCUT2D eigenvalue weighted by atomic mass is 10.0. The van der Waals surface area contributed by atoms with Crippen molar-refractivity contribution in [3.63, 3.8) is 0 Å². The number of nitrogens with zero attached hydrogens (tertiary/aromatic N) is 4. The van der Waals surface area contributed by atoms with Crippen molar-refractivity contribution in [2.45, 2.75) is 57.0 Å². The van der Waals surface area contributed by atoms with Crippen LogP contribution in [0.15, 0.2) is 42.5 Å². The maximum atomic E-state index is 13.8. The van der Waals surface area contributed by atoms with Crippen LogP contribution in [0.4, 0.5) is 11.4 Å². The Morgan fingerprint density at radius 2 is 1.74 bits per heavy atom. The van der Waals surface area contributed by atoms with E-state index in [9.17, 15) is 24.5 Å². The number of amides is 3. The lowest BCUT2D eigenvalue weighted by molar-refractivity contribution is -0.384. The number of halogens is 1. The number of hydrogen-bond donors (Lipinski definition) is 0. The second-order valence-corrected chi connectivity index (χ2v) is 9.13. The van der Waals surface area contributed by atoms with Crippen LogP contribution in [0.2, 0.25) is 5.02 Å². The van der Waals surface area contributed by atoms with Gasteiger partial charge in [-0.15, -0.1) is 0 Å². The minimum atomic E-state index is -1.02. The van der Waals surface area contributed by atoms with Crippen LogP contribution < -0.4 is 4.90 Å². The Bertz CT molecular complexity index is 1220. The molecule has 0 aromatic heterocycles. The highest BCUT2D eigenvalue weighted by Gasteiger charge is 2.46. The van der Waals surface area contributed by atoms with Crippen LogP contribution in [0.1, 0.15) is 60.9 Å². The van der Waals surface area contributed by atoms with E-state index in [0.717, 1.165) is 36.6 Å². The van der Waals surface area contributed by atoms with Crippen molar-refractivity contribution < 1.29 is 19.3 Å². The summed E-state index contributed by atoms with van der Waals surface area (Å²) < 4.78 is 0. The van der Waals surface area contributed by atoms with Crippen molar-refractivity contribution in [2.24, 2.45) is 0 Å². The maximum Gasteiger partial charge on any atom is 0.288 e. The van der Waals surface area contributed by atoms with Crippen molar-refractivity contribution in [2.75, 3.05) is 4.90 Å². The van der Waals surface area contributed by atoms with Crippen LogP contribution in [-0.4, -0.2) is 39.6 Å². The summed E-state index contributed by atoms with van der Waals surface area (Å²) in [4.78, 5) is 53.5. The van der Waals surface area contributed by atoms with Crippen molar-refractivity contribution in [1.29, 1.82) is 5.26 Å². The summed E-state index contributed by atoms with van der Waals surface area (Å²) in [7, 11) is 0. The van der Waals surface area contributed by atoms with Crippen LogP contribution in [0.3, 0.4) is 0 Å². The summed E-state index contributed by atoms with van der Waals surface area (Å²) >= 11 is 5.93. The van der Waals surface area contributed by atoms with Crippen LogP contribution >= 0.6 is 11.6 Å². The van der Waals surface area contributed by atoms with E-state index in [1.165, 1.54) is 41.3 Å². The topological polar surface area (TPSA) is 125 Å². The fraction of sp³-hybridized carbons (Fsp3) is 0.360. The molecule has 4 rings (SSSR count). The van der Waals surface area contributed by atoms with E-state index in [2.05, 4.69) is 0 Å². The quantitative estimate of drug-likeness (QED) is 0.258. The van der Waals surface area contributed by atoms with Crippen molar-refractivity contribution >= 4 is 40.7 Å². The first-order chi connectivity index (χ1) is 16.8. The zero-order valence-electron chi connectivity index (χ0n) is 18.9. The fourth-order valence-electron chi connectivity index (χ4n) is 4.82. The first-order valence-corrected chi connectivity index (χ1v) is 11.8. The number of nitro groups is 1. The molecule has 9 nitrogen and oxygen atoms in total. The zero-order chi connectivity index (χ0) is 25.1. The molecule has 0 N–H and O–H groups in total. The third kappa shape index (κ3) is 4.88. The van der Waals surface area contributed by atoms with Gasteiger partial charge in [-0.05, 0) is 49.2 Å². The molecule has 1 saturated carbocycles. The van der Waals surface area contributed by atoms with E-state index in [1.54, 1.807) is 0 Å². The molecule has 10 heteroatoms. The minimum absolute atomic E-state index is 0.0439. The van der Waals surface area contributed by atoms with E-state index in [0.29, 0.717) is 24.1 Å². The number of anilines is 1. The van der Waals surface area contributed by atoms with E-state index < -0.39 is 34.4 Å². The largest absolute Gasteiger partial charge is 0.323 e. The molecule has 35 heavy (non-hydrogen) atoms. The molecule has 1 saturated heterocycles. The number of nitro benzene ring substituents is 1. The van der Waals surface area contributed by atoms with Gasteiger partial charge in [-0.3, -0.25) is 24.5 Å². The molecule has 1 atom stereocenters. The summed E-state index contributed by atoms with van der Waals surface area (Å²) in [6.45, 7) is 0. The van der Waals surface area contributed by atoms with Crippen molar-refractivity contribution in [1.82, 2.24) is 4.90 Å². The Balaban J connectivity index is 1.71. The minimum Gasteiger partial charge on any atom is -0.323 e. The second-order valence-electron chi connectivity index (χ2n) is 8.73. The Hall–Kier alpha value is -3.77. The number of nitriles is 1. The summed E-state index contributed by atoms with van der Waals surface area (Å²) in [5.74, 6) is -1.51. The molecule has 0 radical (unpaired) electrons. The van der Waals surface area contributed by atoms with Crippen LogP contribution in [0.25, 0.3) is 0 Å². The lowest BCUT2D eigenvalue weighted by Gasteiger charge is -2.35. The molecule has 2 aromatic carbocycles. The molecule has 0 spiro atoms. The predicted octanol–water partition coefficient (Wildman–Crippen LogP) is 4.62. The monoisotopic (exact) mass is 494 g/mol. The van der Waals surface area contributed by atoms with Gasteiger partial charge in [-0.1, -0.05) is 37.3 Å². The Kier molecular flexibility index (Phi) is 7.12. The number of carbonyl (C=O) groups excluding carboxylic acids is 3. The highest BCUT2D eigenvalue weighted by Crippen LogP contribution is 2.33. The summed E-state index contributed by atoms with van der Waals surface area (Å²) in [5.41, 5.74) is 0.370. The predicted molar refractivity (Wildman–Crippen MR) is 128 cm³/mol. The molecule has 2 fully saturated rings. The molecule has 1 heterocycles. The second kappa shape index (κ2) is 10.2. The molecule has 1 aliphatic carbocycles. The Morgan fingerprint density at radius 3 is 2.34 bits per heavy atom. The van der Waals surface area contributed by atoms with Gasteiger partial charge in [0.25, 0.3) is 17.5 Å². The van der Waals surface area contributed by atoms with Gasteiger partial charge in [0, 0.05) is 17.7 Å². The van der Waals surface area contributed by atoms with Gasteiger partial charge in [0.05, 0.1) is 28.7 Å². The number of hydrogen-bond acceptors (Lipinski definition) is 6. The van der Waals surface area contributed by atoms with Gasteiger partial charge in [-0.25, -0.2) is 4.90 Å². The SMILES string of the molecule is N#Cc1ccc(N2C(=O)CC(N(C(=O)c3ccc(Cl)c([N+](=O)[O-])c3)C3CCCCCC3)C2=O)cc1. The van der Waals surface area contributed by atoms with Gasteiger partial charge in [0.15, 0.2) is 0 Å². The maximum absolute atomic E-state index is 13.8. The molecule has 3 amide bonds. The van der Waals surface area contributed by atoms with Crippen LogP contribution in [0, 0.1) is 21.4 Å². The molecule has 1 unspecified atom stereocenters. The standard InChI is InChI=1S/C25H23ClN4O5/c26-20-12-9-17(13-21(20)30(34)35)24(32)28(18-5-3-1-2-4-6-18)22-14-23(31)29(25(22)33)19-10-7-16(15-27)8-11-19/h7-13,18,22H,1-6,14H2. The summed E-state index contributed by atoms with van der Waals surface area (Å²) in [6, 6.07) is 10.6. The summed E-state index contributed by atoms with van der Waals surface area (Å²) in [6.07, 6.45) is 4.95. The molecule has 1 aliphatic heterocycles. The van der Waals surface area contributed by atoms with Gasteiger partial charge in [0.2, 0.25) is 5.91 Å². The molecule has 0 bridgehead atoms. The van der Waals surface area contributed by atoms with Crippen molar-refractivity contribution in [3.05, 3.63) is 68.7 Å². The molecule has 180 valence electrons. The number of benzene rings is 2. The molecular weight excluding hydrogens is 472 g/mol. The van der Waals surface area contributed by atoms with E-state index in [-0.39, 0.29) is 23.0 Å². The highest BCUT2D eigenvalue weighted by molar-refractivity contribution is 6.32. The van der Waals surface area contributed by atoms with Gasteiger partial charge >= 0.3 is 0 Å². The molecular formula is C25H23ClN4O5. The smallest absolute Gasteiger partial charge is 0.288 e. The number of imide groups is 1. The first-order valence-electron chi connectivity index (χ1n) is 11.5. The Morgan fingerprint density at radius 1 is 1.09 bits per heavy atom. The van der Waals surface area contributed by atoms with Crippen LogP contribution in [-0.2, 0) is 9.59 Å². The molecule has 2 aliphatic rings. The van der Waals surface area contributed by atoms with E-state index in [1.807, 2.05) is 6.07 Å². The van der Waals surface area contributed by atoms with Gasteiger partial charge in [-0.2, -0.15) is 5.26 Å². The highest BCUT2D eigenvalue weighted by atomic mass is 35.5. The van der Waals surface area contributed by atoms with Gasteiger partial charge < -0.3 is 4.90 Å². The van der Waals surface area contributed by atoms with E-state index in [4.69, 9.17) is 16.9 Å². The first kappa shape index (κ1) is 24.4. The van der Waals surface area contributed by atoms with E-state index >= 15 is 0 Å². The zero-order valence-corrected chi connectivity index (χ0v) is 19.6. The Labute approximate surface area is 207 Å². The number of rotatable bonds is 5. The third-order valence-corrected chi connectivity index (χ3v) is 6.88. The van der Waals surface area contributed by atoms with Gasteiger partial charge in [0.1, 0.15) is 11.1 Å². The number of carbonyl (C=O) groups is 3. The van der Waals surface area contributed by atoms with Crippen molar-refractivity contribution in [3.8, 4) is 6.07 Å². The summed E-state index contributed by atoms with van der Waals surface area (Å²) in [5, 5.41) is 20.3. The average molecular weight is 495 g/mol. The van der Waals surface area contributed by atoms with Crippen LogP contribution in [0.5, 0.6) is 0 Å². The lowest BCUT2D eigenvalue weighted by Crippen LogP contribution is -2.50. The fourth-order valence-corrected chi connectivity index (χ4v) is 5.01. The average Bonchev–Trinajstić information content (AvgIpc) is 3.00. The molecule has 2 aromatic rings. The third-order valence-electron chi connectivity index (χ3n) is 6.56.